The fourth-order valence-electron chi connectivity index (χ4n) is 0.805. The number of hydrogen-bond donors (Lipinski definition) is 4. The van der Waals surface area contributed by atoms with Gasteiger partial charge in [-0.05, 0) is 0 Å². The Morgan fingerprint density at radius 3 is 2.07 bits per heavy atom. The maximum Gasteiger partial charge on any atom is 0.311 e. The van der Waals surface area contributed by atoms with Crippen molar-refractivity contribution in [2.24, 2.45) is 4.36 Å². The standard InChI is InChI=1S/C6H11NO7S/c8-1-3(7-15(13)14)5(11)6(12)4(10)2-9/h1,3-6,9-12H,2H2/t3-,4+,5+,6+/m0/s1. The summed E-state index contributed by atoms with van der Waals surface area (Å²) >= 11 is 0. The van der Waals surface area contributed by atoms with Crippen molar-refractivity contribution >= 4 is 16.8 Å². The quantitative estimate of drug-likeness (QED) is 0.356. The van der Waals surface area contributed by atoms with Crippen molar-refractivity contribution in [1.29, 1.82) is 0 Å². The molecule has 0 saturated heterocycles. The summed E-state index contributed by atoms with van der Waals surface area (Å²) in [5, 5.41) is 35.7. The third-order valence-electron chi connectivity index (χ3n) is 1.63. The van der Waals surface area contributed by atoms with E-state index in [4.69, 9.17) is 15.3 Å². The van der Waals surface area contributed by atoms with Gasteiger partial charge in [0.05, 0.1) is 6.61 Å². The SMILES string of the molecule is O=C[C@H](N=S(=O)=O)[C@@H](O)[C@H](O)[C@H](O)CO. The predicted molar refractivity (Wildman–Crippen MR) is 46.3 cm³/mol. The van der Waals surface area contributed by atoms with Crippen LogP contribution in [0.15, 0.2) is 4.36 Å². The van der Waals surface area contributed by atoms with Crippen molar-refractivity contribution in [3.63, 3.8) is 0 Å². The number of hydrogen-bond acceptors (Lipinski definition) is 8. The van der Waals surface area contributed by atoms with Crippen LogP contribution in [0, 0.1) is 0 Å². The highest BCUT2D eigenvalue weighted by atomic mass is 32.2. The molecule has 0 aliphatic heterocycles. The number of aliphatic hydroxyl groups is 4. The first kappa shape index (κ1) is 14.1. The zero-order valence-electron chi connectivity index (χ0n) is 7.46. The summed E-state index contributed by atoms with van der Waals surface area (Å²) in [5.41, 5.74) is 0. The topological polar surface area (TPSA) is 144 Å². The van der Waals surface area contributed by atoms with Crippen molar-refractivity contribution in [3.8, 4) is 0 Å². The average molecular weight is 241 g/mol. The van der Waals surface area contributed by atoms with Gasteiger partial charge in [-0.2, -0.15) is 12.8 Å². The van der Waals surface area contributed by atoms with Crippen molar-refractivity contribution in [2.75, 3.05) is 6.61 Å². The van der Waals surface area contributed by atoms with Crippen LogP contribution < -0.4 is 0 Å². The largest absolute Gasteiger partial charge is 0.394 e. The van der Waals surface area contributed by atoms with Crippen molar-refractivity contribution < 1.29 is 33.6 Å². The number of aldehydes is 1. The fraction of sp³-hybridized carbons (Fsp3) is 0.833. The summed E-state index contributed by atoms with van der Waals surface area (Å²) in [5.74, 6) is 0. The molecule has 0 radical (unpaired) electrons. The highest BCUT2D eigenvalue weighted by Gasteiger charge is 2.31. The Morgan fingerprint density at radius 1 is 1.20 bits per heavy atom. The molecule has 0 aromatic carbocycles. The normalized spacial score (nSPS) is 18.7. The molecule has 0 saturated carbocycles. The van der Waals surface area contributed by atoms with E-state index in [1.54, 1.807) is 0 Å². The average Bonchev–Trinajstić information content (AvgIpc) is 2.22. The van der Waals surface area contributed by atoms with E-state index in [1.807, 2.05) is 0 Å². The molecular weight excluding hydrogens is 230 g/mol. The Hall–Kier alpha value is -0.870. The molecule has 9 heteroatoms. The summed E-state index contributed by atoms with van der Waals surface area (Å²) in [7, 11) is -2.92. The molecule has 15 heavy (non-hydrogen) atoms. The van der Waals surface area contributed by atoms with Gasteiger partial charge in [0.15, 0.2) is 6.04 Å². The van der Waals surface area contributed by atoms with Gasteiger partial charge in [-0.1, -0.05) is 0 Å². The molecule has 0 bridgehead atoms. The van der Waals surface area contributed by atoms with Gasteiger partial charge in [0.1, 0.15) is 24.6 Å². The summed E-state index contributed by atoms with van der Waals surface area (Å²) in [6.45, 7) is -0.843. The van der Waals surface area contributed by atoms with Gasteiger partial charge >= 0.3 is 10.5 Å². The van der Waals surface area contributed by atoms with Crippen LogP contribution in [0.4, 0.5) is 0 Å². The van der Waals surface area contributed by atoms with Crippen molar-refractivity contribution in [3.05, 3.63) is 0 Å². The van der Waals surface area contributed by atoms with Gasteiger partial charge in [0.25, 0.3) is 0 Å². The van der Waals surface area contributed by atoms with Gasteiger partial charge in [-0.15, -0.1) is 0 Å². The van der Waals surface area contributed by atoms with E-state index in [0.29, 0.717) is 0 Å². The number of nitrogens with zero attached hydrogens (tertiary/aromatic N) is 1. The second-order valence-electron chi connectivity index (χ2n) is 2.68. The second kappa shape index (κ2) is 6.58. The van der Waals surface area contributed by atoms with Gasteiger partial charge in [0.2, 0.25) is 0 Å². The second-order valence-corrected chi connectivity index (χ2v) is 3.33. The molecule has 0 amide bonds. The minimum Gasteiger partial charge on any atom is -0.394 e. The maximum atomic E-state index is 10.3. The van der Waals surface area contributed by atoms with Gasteiger partial charge in [-0.3, -0.25) is 0 Å². The highest BCUT2D eigenvalue weighted by Crippen LogP contribution is 2.06. The molecule has 88 valence electrons. The Kier molecular flexibility index (Phi) is 6.20. The highest BCUT2D eigenvalue weighted by molar-refractivity contribution is 7.61. The first-order chi connectivity index (χ1) is 6.93. The molecule has 0 aliphatic rings. The number of carbonyl (C=O) groups is 1. The minimum atomic E-state index is -2.92. The smallest absolute Gasteiger partial charge is 0.311 e. The lowest BCUT2D eigenvalue weighted by atomic mass is 10.0. The molecule has 0 spiro atoms. The molecule has 0 rings (SSSR count). The predicted octanol–water partition coefficient (Wildman–Crippen LogP) is -3.31. The monoisotopic (exact) mass is 241 g/mol. The lowest BCUT2D eigenvalue weighted by molar-refractivity contribution is -0.118. The Labute approximate surface area is 86.5 Å². The number of rotatable bonds is 6. The van der Waals surface area contributed by atoms with Crippen molar-refractivity contribution in [1.82, 2.24) is 0 Å². The number of carbonyl (C=O) groups excluding carboxylic acids is 1. The fourth-order valence-corrected chi connectivity index (χ4v) is 1.18. The third kappa shape index (κ3) is 4.44. The Morgan fingerprint density at radius 2 is 1.73 bits per heavy atom. The lowest BCUT2D eigenvalue weighted by Crippen LogP contribution is -2.45. The third-order valence-corrected chi connectivity index (χ3v) is 2.04. The first-order valence-corrected chi connectivity index (χ1v) is 4.87. The summed E-state index contributed by atoms with van der Waals surface area (Å²) in [6.07, 6.45) is -5.44. The van der Waals surface area contributed by atoms with Gasteiger partial charge in [0, 0.05) is 0 Å². The molecule has 0 unspecified atom stereocenters. The van der Waals surface area contributed by atoms with E-state index in [0.717, 1.165) is 0 Å². The van der Waals surface area contributed by atoms with Gasteiger partial charge in [-0.25, -0.2) is 0 Å². The zero-order valence-corrected chi connectivity index (χ0v) is 8.28. The molecule has 0 aliphatic carbocycles. The van der Waals surface area contributed by atoms with Crippen LogP contribution in [0.1, 0.15) is 0 Å². The van der Waals surface area contributed by atoms with Crippen LogP contribution >= 0.6 is 0 Å². The summed E-state index contributed by atoms with van der Waals surface area (Å²) in [6, 6.07) is -1.71. The van der Waals surface area contributed by atoms with E-state index in [1.165, 1.54) is 0 Å². The van der Waals surface area contributed by atoms with E-state index in [-0.39, 0.29) is 6.29 Å². The molecule has 0 aromatic rings. The van der Waals surface area contributed by atoms with Crippen LogP contribution in [0.2, 0.25) is 0 Å². The van der Waals surface area contributed by atoms with E-state index < -0.39 is 41.5 Å². The van der Waals surface area contributed by atoms with Gasteiger partial charge < -0.3 is 25.2 Å². The minimum absolute atomic E-state index is 0.00772. The maximum absolute atomic E-state index is 10.3. The molecule has 0 heterocycles. The van der Waals surface area contributed by atoms with E-state index in [2.05, 4.69) is 4.36 Å². The molecule has 4 atom stereocenters. The van der Waals surface area contributed by atoms with Crippen LogP contribution in [-0.4, -0.2) is 66.1 Å². The molecule has 4 N–H and O–H groups in total. The first-order valence-electron chi connectivity index (χ1n) is 3.84. The summed E-state index contributed by atoms with van der Waals surface area (Å²) in [4.78, 5) is 10.3. The van der Waals surface area contributed by atoms with Crippen LogP contribution in [0.5, 0.6) is 0 Å². The zero-order chi connectivity index (χ0) is 12.0. The molecule has 0 aromatic heterocycles. The van der Waals surface area contributed by atoms with E-state index >= 15 is 0 Å². The molecule has 8 nitrogen and oxygen atoms in total. The van der Waals surface area contributed by atoms with E-state index in [9.17, 15) is 18.3 Å². The Bertz CT molecular complexity index is 318. The van der Waals surface area contributed by atoms with Crippen molar-refractivity contribution in [2.45, 2.75) is 24.4 Å². The Balaban J connectivity index is 4.72. The van der Waals surface area contributed by atoms with Crippen LogP contribution in [0.25, 0.3) is 0 Å². The lowest BCUT2D eigenvalue weighted by Gasteiger charge is -2.22. The van der Waals surface area contributed by atoms with Crippen LogP contribution in [0.3, 0.4) is 0 Å². The molecule has 0 fully saturated rings. The number of aliphatic hydroxyl groups excluding tert-OH is 4. The van der Waals surface area contributed by atoms with Crippen LogP contribution in [-0.2, 0) is 15.3 Å². The molecular formula is C6H11NO7S. The summed E-state index contributed by atoms with van der Waals surface area (Å²) < 4.78 is 23.0.